The molecule has 7 heteroatoms. The van der Waals surface area contributed by atoms with E-state index in [4.69, 9.17) is 0 Å². The topological polar surface area (TPSA) is 92.2 Å². The van der Waals surface area contributed by atoms with Gasteiger partial charge < -0.3 is 20.5 Å². The molecule has 1 aromatic heterocycles. The fourth-order valence-electron chi connectivity index (χ4n) is 1.40. The number of amides is 3. The molecule has 0 aliphatic rings. The molecule has 3 N–H and O–H groups in total. The first-order valence-corrected chi connectivity index (χ1v) is 5.36. The van der Waals surface area contributed by atoms with Crippen LogP contribution in [0.25, 0.3) is 0 Å². The van der Waals surface area contributed by atoms with Crippen molar-refractivity contribution in [3.05, 3.63) is 18.0 Å². The van der Waals surface area contributed by atoms with Crippen LogP contribution < -0.4 is 16.0 Å². The zero-order valence-electron chi connectivity index (χ0n) is 10.5. The highest BCUT2D eigenvalue weighted by molar-refractivity contribution is 5.97. The Morgan fingerprint density at radius 3 is 2.56 bits per heavy atom. The lowest BCUT2D eigenvalue weighted by Gasteiger charge is -2.02. The minimum Gasteiger partial charge on any atom is -0.354 e. The first-order valence-electron chi connectivity index (χ1n) is 5.36. The maximum absolute atomic E-state index is 11.4. The lowest BCUT2D eigenvalue weighted by molar-refractivity contribution is -0.122. The Morgan fingerprint density at radius 2 is 2.00 bits per heavy atom. The second kappa shape index (κ2) is 5.85. The largest absolute Gasteiger partial charge is 0.354 e. The van der Waals surface area contributed by atoms with E-state index in [0.717, 1.165) is 0 Å². The highest BCUT2D eigenvalue weighted by atomic mass is 16.2. The van der Waals surface area contributed by atoms with Gasteiger partial charge in [-0.3, -0.25) is 14.4 Å². The molecule has 0 saturated heterocycles. The number of rotatable bonds is 4. The third-order valence-corrected chi connectivity index (χ3v) is 2.25. The van der Waals surface area contributed by atoms with Gasteiger partial charge in [0.05, 0.1) is 12.2 Å². The van der Waals surface area contributed by atoms with Crippen molar-refractivity contribution in [2.75, 3.05) is 18.9 Å². The second-order valence-corrected chi connectivity index (χ2v) is 3.76. The highest BCUT2D eigenvalue weighted by Crippen LogP contribution is 2.12. The summed E-state index contributed by atoms with van der Waals surface area (Å²) in [6, 6.07) is 1.56. The number of nitrogens with one attached hydrogen (secondary N) is 3. The molecule has 1 heterocycles. The summed E-state index contributed by atoms with van der Waals surface area (Å²) in [5.74, 6) is -0.858. The molecule has 0 aliphatic carbocycles. The van der Waals surface area contributed by atoms with Crippen LogP contribution in [0.15, 0.2) is 12.3 Å². The van der Waals surface area contributed by atoms with E-state index >= 15 is 0 Å². The van der Waals surface area contributed by atoms with E-state index in [1.165, 1.54) is 14.0 Å². The van der Waals surface area contributed by atoms with Gasteiger partial charge in [-0.25, -0.2) is 0 Å². The molecule has 98 valence electrons. The smallest absolute Gasteiger partial charge is 0.267 e. The van der Waals surface area contributed by atoms with Crippen molar-refractivity contribution in [2.45, 2.75) is 6.92 Å². The van der Waals surface area contributed by atoms with Gasteiger partial charge in [0.15, 0.2) is 0 Å². The van der Waals surface area contributed by atoms with Gasteiger partial charge in [-0.1, -0.05) is 0 Å². The Hall–Kier alpha value is -2.31. The van der Waals surface area contributed by atoms with E-state index in [1.54, 1.807) is 23.9 Å². The van der Waals surface area contributed by atoms with Gasteiger partial charge in [-0.05, 0) is 6.07 Å². The van der Waals surface area contributed by atoms with E-state index in [2.05, 4.69) is 16.0 Å². The average molecular weight is 252 g/mol. The molecule has 0 bridgehead atoms. The van der Waals surface area contributed by atoms with Crippen LogP contribution in [0, 0.1) is 0 Å². The van der Waals surface area contributed by atoms with Crippen molar-refractivity contribution in [3.8, 4) is 0 Å². The number of carbonyl (C=O) groups excluding carboxylic acids is 3. The summed E-state index contributed by atoms with van der Waals surface area (Å²) >= 11 is 0. The Labute approximate surface area is 105 Å². The Kier molecular flexibility index (Phi) is 4.47. The predicted octanol–water partition coefficient (Wildman–Crippen LogP) is -0.541. The van der Waals surface area contributed by atoms with E-state index in [-0.39, 0.29) is 24.3 Å². The van der Waals surface area contributed by atoms with Gasteiger partial charge in [-0.2, -0.15) is 0 Å². The Balaban J connectivity index is 2.66. The average Bonchev–Trinajstić information content (AvgIpc) is 2.66. The fourth-order valence-corrected chi connectivity index (χ4v) is 1.40. The molecule has 3 amide bonds. The van der Waals surface area contributed by atoms with Gasteiger partial charge in [0, 0.05) is 27.2 Å². The molecule has 0 aromatic carbocycles. The van der Waals surface area contributed by atoms with Crippen LogP contribution in [0.5, 0.6) is 0 Å². The summed E-state index contributed by atoms with van der Waals surface area (Å²) < 4.78 is 1.60. The number of nitrogens with zero attached hydrogens (tertiary/aromatic N) is 1. The lowest BCUT2D eigenvalue weighted by Crippen LogP contribution is -2.31. The quantitative estimate of drug-likeness (QED) is 0.672. The van der Waals surface area contributed by atoms with Crippen molar-refractivity contribution in [1.29, 1.82) is 0 Å². The first kappa shape index (κ1) is 13.8. The van der Waals surface area contributed by atoms with Crippen LogP contribution in [0.2, 0.25) is 0 Å². The van der Waals surface area contributed by atoms with Gasteiger partial charge in [0.2, 0.25) is 11.8 Å². The highest BCUT2D eigenvalue weighted by Gasteiger charge is 2.11. The summed E-state index contributed by atoms with van der Waals surface area (Å²) in [4.78, 5) is 33.5. The van der Waals surface area contributed by atoms with E-state index in [0.29, 0.717) is 11.4 Å². The number of hydrogen-bond acceptors (Lipinski definition) is 3. The maximum Gasteiger partial charge on any atom is 0.267 e. The molecule has 0 spiro atoms. The molecule has 1 aromatic rings. The normalized spacial score (nSPS) is 9.72. The SMILES string of the molecule is CNC(=O)c1cc(NC(=O)CNC(C)=O)cn1C. The van der Waals surface area contributed by atoms with Crippen LogP contribution >= 0.6 is 0 Å². The van der Waals surface area contributed by atoms with E-state index in [1.807, 2.05) is 0 Å². The minimum absolute atomic E-state index is 0.0977. The van der Waals surface area contributed by atoms with Crippen LogP contribution in [-0.2, 0) is 16.6 Å². The second-order valence-electron chi connectivity index (χ2n) is 3.76. The summed E-state index contributed by atoms with van der Waals surface area (Å²) in [5, 5.41) is 7.47. The van der Waals surface area contributed by atoms with Crippen molar-refractivity contribution >= 4 is 23.4 Å². The van der Waals surface area contributed by atoms with Crippen LogP contribution in [0.4, 0.5) is 5.69 Å². The molecule has 0 radical (unpaired) electrons. The van der Waals surface area contributed by atoms with Gasteiger partial charge >= 0.3 is 0 Å². The Morgan fingerprint density at radius 1 is 1.33 bits per heavy atom. The lowest BCUT2D eigenvalue weighted by atomic mass is 10.4. The third kappa shape index (κ3) is 3.62. The predicted molar refractivity (Wildman–Crippen MR) is 66.1 cm³/mol. The van der Waals surface area contributed by atoms with Crippen LogP contribution in [0.3, 0.4) is 0 Å². The zero-order valence-corrected chi connectivity index (χ0v) is 10.5. The minimum atomic E-state index is -0.348. The molecule has 0 saturated carbocycles. The number of carbonyl (C=O) groups is 3. The monoisotopic (exact) mass is 252 g/mol. The van der Waals surface area contributed by atoms with Gasteiger partial charge in [0.25, 0.3) is 5.91 Å². The molecule has 7 nitrogen and oxygen atoms in total. The van der Waals surface area contributed by atoms with Gasteiger partial charge in [-0.15, -0.1) is 0 Å². The van der Waals surface area contributed by atoms with Crippen molar-refractivity contribution in [1.82, 2.24) is 15.2 Å². The number of aromatic nitrogens is 1. The molecule has 0 unspecified atom stereocenters. The third-order valence-electron chi connectivity index (χ3n) is 2.25. The van der Waals surface area contributed by atoms with E-state index in [9.17, 15) is 14.4 Å². The van der Waals surface area contributed by atoms with Crippen LogP contribution in [0.1, 0.15) is 17.4 Å². The maximum atomic E-state index is 11.4. The molecular formula is C11H16N4O3. The summed E-state index contributed by atoms with van der Waals surface area (Å²) in [6.45, 7) is 1.24. The van der Waals surface area contributed by atoms with Crippen molar-refractivity contribution < 1.29 is 14.4 Å². The zero-order chi connectivity index (χ0) is 13.7. The summed E-state index contributed by atoms with van der Waals surface area (Å²) in [6.07, 6.45) is 1.62. The summed E-state index contributed by atoms with van der Waals surface area (Å²) in [5.41, 5.74) is 0.943. The first-order chi connectivity index (χ1) is 8.43. The number of aryl methyl sites for hydroxylation is 1. The van der Waals surface area contributed by atoms with E-state index < -0.39 is 0 Å². The summed E-state index contributed by atoms with van der Waals surface area (Å²) in [7, 11) is 3.23. The Bertz CT molecular complexity index is 479. The standard InChI is InChI=1S/C11H16N4O3/c1-7(16)13-5-10(17)14-8-4-9(11(18)12-2)15(3)6-8/h4,6H,5H2,1-3H3,(H,12,18)(H,13,16)(H,14,17). The molecule has 0 atom stereocenters. The van der Waals surface area contributed by atoms with Crippen molar-refractivity contribution in [3.63, 3.8) is 0 Å². The number of anilines is 1. The number of hydrogen-bond donors (Lipinski definition) is 3. The van der Waals surface area contributed by atoms with Crippen LogP contribution in [-0.4, -0.2) is 35.9 Å². The molecular weight excluding hydrogens is 236 g/mol. The molecule has 18 heavy (non-hydrogen) atoms. The molecule has 0 aliphatic heterocycles. The fraction of sp³-hybridized carbons (Fsp3) is 0.364. The molecule has 1 rings (SSSR count). The van der Waals surface area contributed by atoms with Gasteiger partial charge in [0.1, 0.15) is 5.69 Å². The van der Waals surface area contributed by atoms with Crippen molar-refractivity contribution in [2.24, 2.45) is 7.05 Å². The molecule has 0 fully saturated rings.